The summed E-state index contributed by atoms with van der Waals surface area (Å²) in [6, 6.07) is 17.6. The number of methoxy groups -OCH3 is 2. The Hall–Kier alpha value is -2.29. The molecular weight excluding hydrogens is 240 g/mol. The molecule has 0 N–H and O–H groups in total. The van der Waals surface area contributed by atoms with Crippen LogP contribution in [0.1, 0.15) is 5.56 Å². The van der Waals surface area contributed by atoms with Crippen molar-refractivity contribution in [3.63, 3.8) is 0 Å². The molecule has 0 fully saturated rings. The van der Waals surface area contributed by atoms with Crippen molar-refractivity contribution in [2.75, 3.05) is 14.2 Å². The van der Waals surface area contributed by atoms with E-state index in [0.717, 1.165) is 11.5 Å². The predicted molar refractivity (Wildman–Crippen MR) is 77.8 cm³/mol. The van der Waals surface area contributed by atoms with Crippen LogP contribution in [-0.2, 0) is 4.79 Å². The van der Waals surface area contributed by atoms with E-state index in [-0.39, 0.29) is 0 Å². The monoisotopic (exact) mass is 260 g/mol. The summed E-state index contributed by atoms with van der Waals surface area (Å²) in [6.45, 7) is 4.06. The Kier molecular flexibility index (Phi) is 9.53. The van der Waals surface area contributed by atoms with E-state index in [0.29, 0.717) is 0 Å². The van der Waals surface area contributed by atoms with Crippen LogP contribution < -0.4 is 9.47 Å². The van der Waals surface area contributed by atoms with Crippen LogP contribution in [0, 0.1) is 6.92 Å². The molecule has 0 amide bonds. The van der Waals surface area contributed by atoms with Gasteiger partial charge in [-0.05, 0) is 31.2 Å². The van der Waals surface area contributed by atoms with E-state index in [2.05, 4.69) is 6.92 Å². The molecule has 0 bridgehead atoms. The maximum Gasteiger partial charge on any atom is 0.118 e. The van der Waals surface area contributed by atoms with Crippen LogP contribution in [0.25, 0.3) is 0 Å². The van der Waals surface area contributed by atoms with Crippen LogP contribution in [-0.4, -0.2) is 21.0 Å². The molecule has 3 heteroatoms. The minimum Gasteiger partial charge on any atom is -0.497 e. The molecule has 0 spiro atoms. The van der Waals surface area contributed by atoms with Crippen molar-refractivity contribution in [1.82, 2.24) is 0 Å². The summed E-state index contributed by atoms with van der Waals surface area (Å²) in [5.74, 6) is 1.83. The molecule has 0 aliphatic carbocycles. The van der Waals surface area contributed by atoms with Crippen LogP contribution in [0.15, 0.2) is 54.6 Å². The third-order valence-corrected chi connectivity index (χ3v) is 2.24. The molecule has 2 rings (SSSR count). The maximum atomic E-state index is 8.00. The van der Waals surface area contributed by atoms with Gasteiger partial charge in [-0.25, -0.2) is 0 Å². The Morgan fingerprint density at radius 1 is 0.737 bits per heavy atom. The Balaban J connectivity index is 0.000000303. The normalized spacial score (nSPS) is 8.16. The number of ether oxygens (including phenoxy) is 2. The molecule has 102 valence electrons. The fraction of sp³-hybridized carbons (Fsp3) is 0.188. The van der Waals surface area contributed by atoms with Crippen molar-refractivity contribution in [3.8, 4) is 11.5 Å². The van der Waals surface area contributed by atoms with Gasteiger partial charge in [-0.1, -0.05) is 35.9 Å². The van der Waals surface area contributed by atoms with Crippen LogP contribution in [0.2, 0.25) is 0 Å². The molecule has 0 aliphatic heterocycles. The average Bonchev–Trinajstić information content (AvgIpc) is 2.51. The first-order valence-electron chi connectivity index (χ1n) is 5.75. The fourth-order valence-electron chi connectivity index (χ4n) is 1.23. The van der Waals surface area contributed by atoms with Gasteiger partial charge in [0.2, 0.25) is 0 Å². The fourth-order valence-corrected chi connectivity index (χ4v) is 1.23. The summed E-state index contributed by atoms with van der Waals surface area (Å²) < 4.78 is 9.88. The number of carbonyl (C=O) groups is 1. The van der Waals surface area contributed by atoms with Crippen molar-refractivity contribution in [2.45, 2.75) is 6.92 Å². The lowest BCUT2D eigenvalue weighted by atomic mass is 10.2. The molecule has 0 atom stereocenters. The van der Waals surface area contributed by atoms with Crippen LogP contribution >= 0.6 is 0 Å². The lowest BCUT2D eigenvalue weighted by Crippen LogP contribution is -1.80. The largest absolute Gasteiger partial charge is 0.497 e. The highest BCUT2D eigenvalue weighted by atomic mass is 16.5. The number of carbonyl (C=O) groups excluding carboxylic acids is 1. The van der Waals surface area contributed by atoms with Gasteiger partial charge in [0.15, 0.2) is 0 Å². The summed E-state index contributed by atoms with van der Waals surface area (Å²) in [6.07, 6.45) is 0. The standard InChI is InChI=1S/C8H10O.C7H8O.CH2O/c1-7-3-5-8(9-2)6-4-7;1-8-7-5-3-2-4-6-7;1-2/h3-6H,1-2H3;2-6H,1H3;1H2. The summed E-state index contributed by atoms with van der Waals surface area (Å²) >= 11 is 0. The van der Waals surface area contributed by atoms with Crippen molar-refractivity contribution >= 4 is 6.79 Å². The predicted octanol–water partition coefficient (Wildman–Crippen LogP) is 3.51. The van der Waals surface area contributed by atoms with Crippen LogP contribution in [0.5, 0.6) is 11.5 Å². The van der Waals surface area contributed by atoms with E-state index in [4.69, 9.17) is 14.3 Å². The van der Waals surface area contributed by atoms with E-state index in [1.165, 1.54) is 5.56 Å². The Morgan fingerprint density at radius 2 is 1.16 bits per heavy atom. The Morgan fingerprint density at radius 3 is 1.53 bits per heavy atom. The third-order valence-electron chi connectivity index (χ3n) is 2.24. The number of hydrogen-bond donors (Lipinski definition) is 0. The first-order valence-corrected chi connectivity index (χ1v) is 5.75. The molecule has 3 nitrogen and oxygen atoms in total. The molecule has 0 radical (unpaired) electrons. The highest BCUT2D eigenvalue weighted by Crippen LogP contribution is 2.09. The molecule has 0 saturated heterocycles. The molecule has 19 heavy (non-hydrogen) atoms. The second-order valence-corrected chi connectivity index (χ2v) is 3.53. The number of para-hydroxylation sites is 1. The van der Waals surface area contributed by atoms with Gasteiger partial charge in [0.1, 0.15) is 18.3 Å². The van der Waals surface area contributed by atoms with Gasteiger partial charge in [0, 0.05) is 0 Å². The van der Waals surface area contributed by atoms with Gasteiger partial charge < -0.3 is 14.3 Å². The maximum absolute atomic E-state index is 8.00. The van der Waals surface area contributed by atoms with Gasteiger partial charge >= 0.3 is 0 Å². The second-order valence-electron chi connectivity index (χ2n) is 3.53. The lowest BCUT2D eigenvalue weighted by molar-refractivity contribution is -0.0979. The van der Waals surface area contributed by atoms with E-state index in [1.807, 2.05) is 61.4 Å². The zero-order valence-corrected chi connectivity index (χ0v) is 11.6. The second kappa shape index (κ2) is 10.8. The molecule has 0 aromatic heterocycles. The number of benzene rings is 2. The van der Waals surface area contributed by atoms with Gasteiger partial charge in [0.05, 0.1) is 14.2 Å². The summed E-state index contributed by atoms with van der Waals surface area (Å²) in [5, 5.41) is 0. The molecule has 0 saturated carbocycles. The topological polar surface area (TPSA) is 35.5 Å². The lowest BCUT2D eigenvalue weighted by Gasteiger charge is -1.97. The van der Waals surface area contributed by atoms with Gasteiger partial charge in [-0.15, -0.1) is 0 Å². The molecule has 2 aromatic carbocycles. The van der Waals surface area contributed by atoms with Gasteiger partial charge in [-0.3, -0.25) is 0 Å². The van der Waals surface area contributed by atoms with Crippen LogP contribution in [0.4, 0.5) is 0 Å². The zero-order chi connectivity index (χ0) is 14.5. The Labute approximate surface area is 114 Å². The SMILES string of the molecule is C=O.COc1ccc(C)cc1.COc1ccccc1. The van der Waals surface area contributed by atoms with E-state index in [9.17, 15) is 0 Å². The summed E-state index contributed by atoms with van der Waals surface area (Å²) in [7, 11) is 3.33. The van der Waals surface area contributed by atoms with Crippen molar-refractivity contribution < 1.29 is 14.3 Å². The molecule has 0 aliphatic rings. The zero-order valence-electron chi connectivity index (χ0n) is 11.6. The van der Waals surface area contributed by atoms with Crippen molar-refractivity contribution in [3.05, 3.63) is 60.2 Å². The summed E-state index contributed by atoms with van der Waals surface area (Å²) in [4.78, 5) is 8.00. The van der Waals surface area contributed by atoms with Crippen LogP contribution in [0.3, 0.4) is 0 Å². The highest BCUT2D eigenvalue weighted by Gasteiger charge is 1.85. The first-order chi connectivity index (χ1) is 9.26. The van der Waals surface area contributed by atoms with Gasteiger partial charge in [0.25, 0.3) is 0 Å². The van der Waals surface area contributed by atoms with E-state index in [1.54, 1.807) is 14.2 Å². The third kappa shape index (κ3) is 7.60. The quantitative estimate of drug-likeness (QED) is 0.828. The first kappa shape index (κ1) is 16.7. The minimum absolute atomic E-state index is 0.910. The highest BCUT2D eigenvalue weighted by molar-refractivity contribution is 5.25. The minimum atomic E-state index is 0.910. The number of hydrogen-bond acceptors (Lipinski definition) is 3. The van der Waals surface area contributed by atoms with Gasteiger partial charge in [-0.2, -0.15) is 0 Å². The average molecular weight is 260 g/mol. The molecular formula is C16H20O3. The van der Waals surface area contributed by atoms with Crippen molar-refractivity contribution in [2.24, 2.45) is 0 Å². The van der Waals surface area contributed by atoms with Crippen molar-refractivity contribution in [1.29, 1.82) is 0 Å². The number of rotatable bonds is 2. The smallest absolute Gasteiger partial charge is 0.118 e. The Bertz CT molecular complexity index is 424. The van der Waals surface area contributed by atoms with E-state index < -0.39 is 0 Å². The molecule has 0 heterocycles. The summed E-state index contributed by atoms with van der Waals surface area (Å²) in [5.41, 5.74) is 1.26. The molecule has 0 unspecified atom stereocenters. The van der Waals surface area contributed by atoms with E-state index >= 15 is 0 Å². The molecule has 2 aromatic rings. The number of aryl methyl sites for hydroxylation is 1.